The molecule has 3 aromatic rings. The SMILES string of the molecule is OCC(Cc1ccc(-c2ccccc2)cc1)c1ccc(Cl)cc1Cl. The van der Waals surface area contributed by atoms with E-state index in [0.717, 1.165) is 12.0 Å². The third-order valence-electron chi connectivity index (χ3n) is 4.17. The van der Waals surface area contributed by atoms with Crippen molar-refractivity contribution >= 4 is 23.2 Å². The number of halogens is 2. The van der Waals surface area contributed by atoms with Crippen LogP contribution in [0.25, 0.3) is 11.1 Å². The molecule has 0 spiro atoms. The van der Waals surface area contributed by atoms with Gasteiger partial charge >= 0.3 is 0 Å². The van der Waals surface area contributed by atoms with Gasteiger partial charge in [0.25, 0.3) is 0 Å². The van der Waals surface area contributed by atoms with E-state index < -0.39 is 0 Å². The van der Waals surface area contributed by atoms with Crippen LogP contribution in [0.15, 0.2) is 72.8 Å². The predicted molar refractivity (Wildman–Crippen MR) is 102 cm³/mol. The van der Waals surface area contributed by atoms with Gasteiger partial charge < -0.3 is 5.11 Å². The van der Waals surface area contributed by atoms with Gasteiger partial charge in [0.15, 0.2) is 0 Å². The van der Waals surface area contributed by atoms with E-state index in [2.05, 4.69) is 36.4 Å². The van der Waals surface area contributed by atoms with Gasteiger partial charge in [-0.05, 0) is 40.8 Å². The summed E-state index contributed by atoms with van der Waals surface area (Å²) in [6, 6.07) is 24.1. The second-order valence-corrected chi connectivity index (χ2v) is 6.66. The molecule has 122 valence electrons. The number of aliphatic hydroxyl groups is 1. The molecule has 0 aliphatic heterocycles. The van der Waals surface area contributed by atoms with Crippen molar-refractivity contribution in [2.45, 2.75) is 12.3 Å². The maximum atomic E-state index is 9.78. The summed E-state index contributed by atoms with van der Waals surface area (Å²) in [4.78, 5) is 0. The molecule has 1 N–H and O–H groups in total. The Hall–Kier alpha value is -1.80. The second-order valence-electron chi connectivity index (χ2n) is 5.81. The fourth-order valence-corrected chi connectivity index (χ4v) is 3.42. The minimum absolute atomic E-state index is 0.0434. The number of hydrogen-bond donors (Lipinski definition) is 1. The van der Waals surface area contributed by atoms with E-state index in [1.54, 1.807) is 6.07 Å². The zero-order valence-electron chi connectivity index (χ0n) is 13.1. The summed E-state index contributed by atoms with van der Waals surface area (Å²) in [6.07, 6.45) is 0.729. The summed E-state index contributed by atoms with van der Waals surface area (Å²) >= 11 is 12.2. The standard InChI is InChI=1S/C21H18Cl2O/c22-19-10-11-20(21(23)13-19)18(14-24)12-15-6-8-17(9-7-15)16-4-2-1-3-5-16/h1-11,13,18,24H,12,14H2. The van der Waals surface area contributed by atoms with E-state index >= 15 is 0 Å². The number of aliphatic hydroxyl groups excluding tert-OH is 1. The fourth-order valence-electron chi connectivity index (χ4n) is 2.85. The Balaban J connectivity index is 1.79. The fraction of sp³-hybridized carbons (Fsp3) is 0.143. The number of benzene rings is 3. The van der Waals surface area contributed by atoms with E-state index in [1.807, 2.05) is 30.3 Å². The summed E-state index contributed by atoms with van der Waals surface area (Å²) in [5.74, 6) is -0.0441. The van der Waals surface area contributed by atoms with E-state index in [0.29, 0.717) is 10.0 Å². The van der Waals surface area contributed by atoms with E-state index in [9.17, 15) is 5.11 Å². The molecule has 1 nitrogen and oxygen atoms in total. The van der Waals surface area contributed by atoms with Gasteiger partial charge in [0, 0.05) is 16.0 Å². The molecule has 3 rings (SSSR count). The molecule has 3 aromatic carbocycles. The van der Waals surface area contributed by atoms with Crippen molar-refractivity contribution in [2.24, 2.45) is 0 Å². The van der Waals surface area contributed by atoms with Crippen LogP contribution in [0.5, 0.6) is 0 Å². The highest BCUT2D eigenvalue weighted by Gasteiger charge is 2.15. The highest BCUT2D eigenvalue weighted by atomic mass is 35.5. The molecule has 0 radical (unpaired) electrons. The minimum Gasteiger partial charge on any atom is -0.396 e. The van der Waals surface area contributed by atoms with Crippen molar-refractivity contribution in [3.63, 3.8) is 0 Å². The normalized spacial score (nSPS) is 12.1. The monoisotopic (exact) mass is 356 g/mol. The Bertz CT molecular complexity index is 798. The summed E-state index contributed by atoms with van der Waals surface area (Å²) in [7, 11) is 0. The van der Waals surface area contributed by atoms with Crippen LogP contribution in [0.4, 0.5) is 0 Å². The smallest absolute Gasteiger partial charge is 0.0503 e. The van der Waals surface area contributed by atoms with Crippen LogP contribution in [-0.4, -0.2) is 11.7 Å². The summed E-state index contributed by atoms with van der Waals surface area (Å²) in [6.45, 7) is 0.0434. The molecule has 24 heavy (non-hydrogen) atoms. The van der Waals surface area contributed by atoms with Crippen molar-refractivity contribution in [3.8, 4) is 11.1 Å². The Morgan fingerprint density at radius 1 is 0.792 bits per heavy atom. The summed E-state index contributed by atoms with van der Waals surface area (Å²) < 4.78 is 0. The Morgan fingerprint density at radius 2 is 1.46 bits per heavy atom. The molecule has 0 fully saturated rings. The minimum atomic E-state index is -0.0441. The summed E-state index contributed by atoms with van der Waals surface area (Å²) in [5, 5.41) is 11.0. The molecule has 0 saturated carbocycles. The molecule has 0 aliphatic carbocycles. The molecule has 0 aromatic heterocycles. The van der Waals surface area contributed by atoms with Gasteiger partial charge in [-0.1, -0.05) is 83.9 Å². The van der Waals surface area contributed by atoms with Gasteiger partial charge in [-0.3, -0.25) is 0 Å². The molecule has 0 saturated heterocycles. The van der Waals surface area contributed by atoms with Gasteiger partial charge in [-0.25, -0.2) is 0 Å². The first-order valence-corrected chi connectivity index (χ1v) is 8.63. The second kappa shape index (κ2) is 7.85. The van der Waals surface area contributed by atoms with Gasteiger partial charge in [0.1, 0.15) is 0 Å². The molecule has 1 atom stereocenters. The lowest BCUT2D eigenvalue weighted by Crippen LogP contribution is -2.08. The largest absolute Gasteiger partial charge is 0.396 e. The third-order valence-corrected chi connectivity index (χ3v) is 4.73. The van der Waals surface area contributed by atoms with Crippen LogP contribution in [0.3, 0.4) is 0 Å². The molecular formula is C21H18Cl2O. The Morgan fingerprint density at radius 3 is 2.08 bits per heavy atom. The van der Waals surface area contributed by atoms with E-state index in [4.69, 9.17) is 23.2 Å². The van der Waals surface area contributed by atoms with E-state index in [1.165, 1.54) is 16.7 Å². The molecule has 0 amide bonds. The summed E-state index contributed by atoms with van der Waals surface area (Å²) in [5.41, 5.74) is 4.48. The Kier molecular flexibility index (Phi) is 5.57. The highest BCUT2D eigenvalue weighted by molar-refractivity contribution is 6.35. The van der Waals surface area contributed by atoms with Crippen molar-refractivity contribution in [3.05, 3.63) is 94.0 Å². The average Bonchev–Trinajstić information content (AvgIpc) is 2.61. The topological polar surface area (TPSA) is 20.2 Å². The molecule has 0 heterocycles. The van der Waals surface area contributed by atoms with Crippen LogP contribution >= 0.6 is 23.2 Å². The lowest BCUT2D eigenvalue weighted by molar-refractivity contribution is 0.264. The van der Waals surface area contributed by atoms with Crippen LogP contribution in [0.1, 0.15) is 17.0 Å². The predicted octanol–water partition coefficient (Wildman–Crippen LogP) is 5.98. The van der Waals surface area contributed by atoms with Crippen LogP contribution in [-0.2, 0) is 6.42 Å². The van der Waals surface area contributed by atoms with Crippen molar-refractivity contribution < 1.29 is 5.11 Å². The van der Waals surface area contributed by atoms with E-state index in [-0.39, 0.29) is 12.5 Å². The molecule has 3 heteroatoms. The highest BCUT2D eigenvalue weighted by Crippen LogP contribution is 2.30. The molecule has 0 aliphatic rings. The quantitative estimate of drug-likeness (QED) is 0.596. The van der Waals surface area contributed by atoms with Gasteiger partial charge in [0.05, 0.1) is 6.61 Å². The zero-order valence-corrected chi connectivity index (χ0v) is 14.6. The zero-order chi connectivity index (χ0) is 16.9. The van der Waals surface area contributed by atoms with Gasteiger partial charge in [0.2, 0.25) is 0 Å². The molecule has 1 unspecified atom stereocenters. The number of rotatable bonds is 5. The molecular weight excluding hydrogens is 339 g/mol. The lowest BCUT2D eigenvalue weighted by atomic mass is 9.92. The van der Waals surface area contributed by atoms with Gasteiger partial charge in [-0.15, -0.1) is 0 Å². The third kappa shape index (κ3) is 3.99. The van der Waals surface area contributed by atoms with Crippen LogP contribution in [0.2, 0.25) is 10.0 Å². The Labute approximate surface area is 152 Å². The lowest BCUT2D eigenvalue weighted by Gasteiger charge is -2.17. The first kappa shape index (κ1) is 17.0. The maximum absolute atomic E-state index is 9.78. The van der Waals surface area contributed by atoms with Crippen LogP contribution in [0, 0.1) is 0 Å². The first-order valence-electron chi connectivity index (χ1n) is 7.87. The van der Waals surface area contributed by atoms with Crippen molar-refractivity contribution in [1.82, 2.24) is 0 Å². The first-order chi connectivity index (χ1) is 11.7. The maximum Gasteiger partial charge on any atom is 0.0503 e. The van der Waals surface area contributed by atoms with Crippen molar-refractivity contribution in [2.75, 3.05) is 6.61 Å². The molecule has 0 bridgehead atoms. The van der Waals surface area contributed by atoms with Gasteiger partial charge in [-0.2, -0.15) is 0 Å². The van der Waals surface area contributed by atoms with Crippen molar-refractivity contribution in [1.29, 1.82) is 0 Å². The number of hydrogen-bond acceptors (Lipinski definition) is 1. The van der Waals surface area contributed by atoms with Crippen LogP contribution < -0.4 is 0 Å². The average molecular weight is 357 g/mol.